The maximum absolute atomic E-state index is 12.6. The molecule has 0 aliphatic heterocycles. The summed E-state index contributed by atoms with van der Waals surface area (Å²) in [7, 11) is 1.64. The maximum atomic E-state index is 12.6. The summed E-state index contributed by atoms with van der Waals surface area (Å²) in [5.74, 6) is -0.116. The van der Waals surface area contributed by atoms with Crippen LogP contribution < -0.4 is 0 Å². The number of hydrogen-bond donors (Lipinski definition) is 1. The predicted molar refractivity (Wildman–Crippen MR) is 91.9 cm³/mol. The van der Waals surface area contributed by atoms with Crippen molar-refractivity contribution >= 4 is 0 Å². The second kappa shape index (κ2) is 16.8. The lowest BCUT2D eigenvalue weighted by molar-refractivity contribution is 0.00223. The van der Waals surface area contributed by atoms with Gasteiger partial charge in [-0.15, -0.1) is 0 Å². The van der Waals surface area contributed by atoms with Crippen LogP contribution in [0.2, 0.25) is 0 Å². The third-order valence-electron chi connectivity index (χ3n) is 2.95. The van der Waals surface area contributed by atoms with E-state index in [2.05, 4.69) is 0 Å². The second-order valence-electron chi connectivity index (χ2n) is 5.16. The van der Waals surface area contributed by atoms with Gasteiger partial charge in [-0.1, -0.05) is 12.1 Å². The van der Waals surface area contributed by atoms with Crippen LogP contribution in [0, 0.1) is 19.7 Å². The fourth-order valence-corrected chi connectivity index (χ4v) is 1.55. The summed E-state index contributed by atoms with van der Waals surface area (Å²) in [6.07, 6.45) is 0.681. The van der Waals surface area contributed by atoms with Gasteiger partial charge in [0.15, 0.2) is 0 Å². The lowest BCUT2D eigenvalue weighted by atomic mass is 10.2. The summed E-state index contributed by atoms with van der Waals surface area (Å²) in [5.41, 5.74) is 1.68. The number of ether oxygens (including phenoxy) is 4. The number of aliphatic hydroxyl groups is 1. The van der Waals surface area contributed by atoms with E-state index in [1.54, 1.807) is 20.1 Å². The molecular formula is C18H31FO5. The standard InChI is InChI=1S/C10H22O5.C8H9F/c1-12-5-6-14-9-10-15-8-7-13-4-2-3-11;1-6-3-4-7(2)8(9)5-6/h11H,2-10H2,1H3;3-5H,1-2H3. The maximum Gasteiger partial charge on any atom is 0.126 e. The zero-order valence-electron chi connectivity index (χ0n) is 15.1. The molecule has 0 atom stereocenters. The van der Waals surface area contributed by atoms with Crippen molar-refractivity contribution in [3.05, 3.63) is 35.1 Å². The van der Waals surface area contributed by atoms with Gasteiger partial charge in [0, 0.05) is 20.3 Å². The largest absolute Gasteiger partial charge is 0.396 e. The summed E-state index contributed by atoms with van der Waals surface area (Å²) in [6, 6.07) is 5.22. The Hall–Kier alpha value is -1.05. The van der Waals surface area contributed by atoms with Crippen LogP contribution in [0.3, 0.4) is 0 Å². The smallest absolute Gasteiger partial charge is 0.126 e. The molecule has 140 valence electrons. The van der Waals surface area contributed by atoms with Gasteiger partial charge < -0.3 is 24.1 Å². The van der Waals surface area contributed by atoms with Crippen molar-refractivity contribution in [2.45, 2.75) is 20.3 Å². The molecule has 0 aromatic heterocycles. The molecule has 0 bridgehead atoms. The summed E-state index contributed by atoms with van der Waals surface area (Å²) in [6.45, 7) is 7.91. The van der Waals surface area contributed by atoms with E-state index in [9.17, 15) is 4.39 Å². The summed E-state index contributed by atoms with van der Waals surface area (Å²) in [4.78, 5) is 0. The van der Waals surface area contributed by atoms with Crippen LogP contribution in [0.25, 0.3) is 0 Å². The molecule has 1 rings (SSSR count). The van der Waals surface area contributed by atoms with E-state index in [1.165, 1.54) is 6.07 Å². The molecule has 1 aromatic carbocycles. The fraction of sp³-hybridized carbons (Fsp3) is 0.667. The van der Waals surface area contributed by atoms with Crippen molar-refractivity contribution in [3.8, 4) is 0 Å². The van der Waals surface area contributed by atoms with E-state index < -0.39 is 0 Å². The Morgan fingerprint density at radius 3 is 1.88 bits per heavy atom. The van der Waals surface area contributed by atoms with E-state index in [-0.39, 0.29) is 12.4 Å². The van der Waals surface area contributed by atoms with Gasteiger partial charge in [-0.2, -0.15) is 0 Å². The third kappa shape index (κ3) is 14.5. The first kappa shape index (κ1) is 22.9. The third-order valence-corrected chi connectivity index (χ3v) is 2.95. The van der Waals surface area contributed by atoms with Crippen LogP contribution in [0.1, 0.15) is 17.5 Å². The van der Waals surface area contributed by atoms with Crippen molar-refractivity contribution in [1.82, 2.24) is 0 Å². The van der Waals surface area contributed by atoms with Crippen LogP contribution in [-0.2, 0) is 18.9 Å². The van der Waals surface area contributed by atoms with Crippen LogP contribution in [0.5, 0.6) is 0 Å². The van der Waals surface area contributed by atoms with Crippen LogP contribution >= 0.6 is 0 Å². The first-order valence-electron chi connectivity index (χ1n) is 8.17. The minimum absolute atomic E-state index is 0.116. The lowest BCUT2D eigenvalue weighted by Crippen LogP contribution is -2.11. The Morgan fingerprint density at radius 2 is 1.42 bits per heavy atom. The Balaban J connectivity index is 0.000000496. The fourth-order valence-electron chi connectivity index (χ4n) is 1.55. The summed E-state index contributed by atoms with van der Waals surface area (Å²) >= 11 is 0. The summed E-state index contributed by atoms with van der Waals surface area (Å²) in [5, 5.41) is 8.47. The van der Waals surface area contributed by atoms with Gasteiger partial charge >= 0.3 is 0 Å². The van der Waals surface area contributed by atoms with E-state index in [4.69, 9.17) is 24.1 Å². The Kier molecular flexibility index (Phi) is 16.1. The summed E-state index contributed by atoms with van der Waals surface area (Å²) < 4.78 is 33.0. The predicted octanol–water partition coefficient (Wildman–Crippen LogP) is 2.51. The second-order valence-corrected chi connectivity index (χ2v) is 5.16. The first-order chi connectivity index (χ1) is 11.6. The van der Waals surface area contributed by atoms with Gasteiger partial charge in [-0.25, -0.2) is 4.39 Å². The van der Waals surface area contributed by atoms with Crippen molar-refractivity contribution in [2.24, 2.45) is 0 Å². The highest BCUT2D eigenvalue weighted by Crippen LogP contribution is 2.06. The Bertz CT molecular complexity index is 389. The number of rotatable bonds is 12. The first-order valence-corrected chi connectivity index (χ1v) is 8.17. The molecule has 24 heavy (non-hydrogen) atoms. The molecule has 1 aromatic rings. The van der Waals surface area contributed by atoms with Crippen LogP contribution in [0.15, 0.2) is 18.2 Å². The molecule has 0 saturated carbocycles. The molecule has 0 saturated heterocycles. The molecule has 0 radical (unpaired) electrons. The number of benzene rings is 1. The minimum atomic E-state index is -0.116. The number of aryl methyl sites for hydroxylation is 2. The van der Waals surface area contributed by atoms with Gasteiger partial charge in [0.1, 0.15) is 5.82 Å². The average Bonchev–Trinajstić information content (AvgIpc) is 2.57. The quantitative estimate of drug-likeness (QED) is 0.589. The Labute approximate surface area is 144 Å². The molecular weight excluding hydrogens is 315 g/mol. The van der Waals surface area contributed by atoms with E-state index >= 15 is 0 Å². The highest BCUT2D eigenvalue weighted by molar-refractivity contribution is 5.21. The van der Waals surface area contributed by atoms with Crippen molar-refractivity contribution in [1.29, 1.82) is 0 Å². The number of hydrogen-bond acceptors (Lipinski definition) is 5. The highest BCUT2D eigenvalue weighted by Gasteiger charge is 1.93. The van der Waals surface area contributed by atoms with Crippen molar-refractivity contribution < 1.29 is 28.4 Å². The van der Waals surface area contributed by atoms with Gasteiger partial charge in [0.2, 0.25) is 0 Å². The molecule has 0 aliphatic carbocycles. The molecule has 5 nitrogen and oxygen atoms in total. The molecule has 0 aliphatic rings. The van der Waals surface area contributed by atoms with E-state index in [0.717, 1.165) is 5.56 Å². The molecule has 6 heteroatoms. The minimum Gasteiger partial charge on any atom is -0.396 e. The number of halogens is 1. The lowest BCUT2D eigenvalue weighted by Gasteiger charge is -2.06. The van der Waals surface area contributed by atoms with Crippen molar-refractivity contribution in [3.63, 3.8) is 0 Å². The topological polar surface area (TPSA) is 57.2 Å². The number of methoxy groups -OCH3 is 1. The van der Waals surface area contributed by atoms with Gasteiger partial charge in [0.25, 0.3) is 0 Å². The molecule has 0 fully saturated rings. The number of aliphatic hydroxyl groups excluding tert-OH is 1. The molecule has 0 amide bonds. The zero-order chi connectivity index (χ0) is 18.0. The normalized spacial score (nSPS) is 10.4. The zero-order valence-corrected chi connectivity index (χ0v) is 15.1. The van der Waals surface area contributed by atoms with Crippen LogP contribution in [0.4, 0.5) is 4.39 Å². The SMILES string of the molecule is COCCOCCOCCOCCCO.Cc1ccc(C)c(F)c1. The molecule has 1 N–H and O–H groups in total. The molecule has 0 spiro atoms. The van der Waals surface area contributed by atoms with Crippen molar-refractivity contribution in [2.75, 3.05) is 60.0 Å². The Morgan fingerprint density at radius 1 is 0.875 bits per heavy atom. The molecule has 0 unspecified atom stereocenters. The van der Waals surface area contributed by atoms with Gasteiger partial charge in [-0.3, -0.25) is 0 Å². The van der Waals surface area contributed by atoms with E-state index in [1.807, 2.05) is 13.0 Å². The van der Waals surface area contributed by atoms with E-state index in [0.29, 0.717) is 58.2 Å². The van der Waals surface area contributed by atoms with Gasteiger partial charge in [0.05, 0.1) is 39.6 Å². The highest BCUT2D eigenvalue weighted by atomic mass is 19.1. The van der Waals surface area contributed by atoms with Gasteiger partial charge in [-0.05, 0) is 37.5 Å². The van der Waals surface area contributed by atoms with Crippen LogP contribution in [-0.4, -0.2) is 65.1 Å². The molecule has 0 heterocycles. The monoisotopic (exact) mass is 346 g/mol. The average molecular weight is 346 g/mol.